The molecule has 0 radical (unpaired) electrons. The molecule has 4 rings (SSSR count). The third-order valence-electron chi connectivity index (χ3n) is 5.93. The summed E-state index contributed by atoms with van der Waals surface area (Å²) in [6.45, 7) is 4.93. The van der Waals surface area contributed by atoms with Crippen molar-refractivity contribution in [3.05, 3.63) is 47.7 Å². The summed E-state index contributed by atoms with van der Waals surface area (Å²) in [6, 6.07) is 11.0. The van der Waals surface area contributed by atoms with Crippen molar-refractivity contribution < 1.29 is 22.8 Å². The van der Waals surface area contributed by atoms with Crippen molar-refractivity contribution in [2.75, 3.05) is 31.1 Å². The first-order chi connectivity index (χ1) is 13.8. The zero-order chi connectivity index (χ0) is 20.8. The number of carbonyl (C=O) groups is 1. The number of hydrogen-bond donors (Lipinski definition) is 2. The van der Waals surface area contributed by atoms with Gasteiger partial charge in [0.05, 0.1) is 0 Å². The third kappa shape index (κ3) is 3.41. The maximum absolute atomic E-state index is 13.0. The number of hydrogen-bond acceptors (Lipinski definition) is 6. The first-order valence-electron chi connectivity index (χ1n) is 9.51. The molecule has 1 aromatic carbocycles. The van der Waals surface area contributed by atoms with Crippen molar-refractivity contribution in [2.45, 2.75) is 25.3 Å². The number of rotatable bonds is 6. The minimum atomic E-state index is -3.97. The number of nitrogens with zero attached hydrogens (tertiary/aromatic N) is 3. The SMILES string of the molecule is Cc1cc(N2CCN(S(=O)(=O)N[C@@]3(C(=O)O)[C@H](C)[C@@H]3c3ccccc3)CC2)no1. The fraction of sp³-hybridized carbons (Fsp3) is 0.474. The molecule has 1 aliphatic heterocycles. The van der Waals surface area contributed by atoms with Gasteiger partial charge < -0.3 is 14.5 Å². The maximum Gasteiger partial charge on any atom is 0.325 e. The van der Waals surface area contributed by atoms with Crippen LogP contribution in [0.1, 0.15) is 24.2 Å². The predicted molar refractivity (Wildman–Crippen MR) is 106 cm³/mol. The van der Waals surface area contributed by atoms with Crippen LogP contribution in [0, 0.1) is 12.8 Å². The molecule has 1 saturated heterocycles. The van der Waals surface area contributed by atoms with Gasteiger partial charge in [0.25, 0.3) is 10.2 Å². The Kier molecular flexibility index (Phi) is 4.88. The fourth-order valence-corrected chi connectivity index (χ4v) is 5.84. The van der Waals surface area contributed by atoms with Crippen LogP contribution in [-0.4, -0.2) is 60.7 Å². The lowest BCUT2D eigenvalue weighted by Gasteiger charge is -2.34. The first-order valence-corrected chi connectivity index (χ1v) is 11.0. The maximum atomic E-state index is 13.0. The van der Waals surface area contributed by atoms with Gasteiger partial charge >= 0.3 is 5.97 Å². The van der Waals surface area contributed by atoms with Gasteiger partial charge in [-0.2, -0.15) is 17.4 Å². The van der Waals surface area contributed by atoms with E-state index < -0.39 is 27.6 Å². The molecule has 1 aliphatic carbocycles. The Labute approximate surface area is 169 Å². The lowest BCUT2D eigenvalue weighted by atomic mass is 10.1. The average Bonchev–Trinajstić information content (AvgIpc) is 3.05. The number of carboxylic acids is 1. The van der Waals surface area contributed by atoms with Gasteiger partial charge in [0, 0.05) is 38.2 Å². The van der Waals surface area contributed by atoms with Crippen LogP contribution in [0.4, 0.5) is 5.82 Å². The third-order valence-corrected chi connectivity index (χ3v) is 7.57. The van der Waals surface area contributed by atoms with Crippen molar-refractivity contribution in [1.82, 2.24) is 14.2 Å². The van der Waals surface area contributed by atoms with Gasteiger partial charge in [-0.05, 0) is 18.4 Å². The summed E-state index contributed by atoms with van der Waals surface area (Å²) in [5, 5.41) is 13.9. The molecule has 2 fully saturated rings. The highest BCUT2D eigenvalue weighted by Gasteiger charge is 2.70. The number of nitrogens with one attached hydrogen (secondary N) is 1. The summed E-state index contributed by atoms with van der Waals surface area (Å²) in [5.74, 6) is -0.546. The summed E-state index contributed by atoms with van der Waals surface area (Å²) in [4.78, 5) is 14.1. The molecule has 2 aliphatic rings. The summed E-state index contributed by atoms with van der Waals surface area (Å²) in [5.41, 5.74) is -0.711. The summed E-state index contributed by atoms with van der Waals surface area (Å²) >= 11 is 0. The quantitative estimate of drug-likeness (QED) is 0.721. The number of aliphatic carboxylic acids is 1. The minimum absolute atomic E-state index is 0.237. The molecule has 0 unspecified atom stereocenters. The molecular formula is C19H24N4O5S. The predicted octanol–water partition coefficient (Wildman–Crippen LogP) is 1.20. The second-order valence-electron chi connectivity index (χ2n) is 7.64. The van der Waals surface area contributed by atoms with E-state index in [0.717, 1.165) is 5.56 Å². The molecule has 9 nitrogen and oxygen atoms in total. The molecule has 3 atom stereocenters. The number of aryl methyl sites for hydroxylation is 1. The van der Waals surface area contributed by atoms with Crippen LogP contribution in [0.5, 0.6) is 0 Å². The molecule has 10 heteroatoms. The standard InChI is InChI=1S/C19H24N4O5S/c1-13-12-16(20-28-13)22-8-10-23(11-9-22)29(26,27)21-19(18(24)25)14(2)17(19)15-6-4-3-5-7-15/h3-7,12,14,17,21H,8-11H2,1-2H3,(H,24,25)/t14-,17-,19+/m1/s1. The van der Waals surface area contributed by atoms with E-state index in [-0.39, 0.29) is 19.0 Å². The van der Waals surface area contributed by atoms with Crippen LogP contribution in [0.15, 0.2) is 40.9 Å². The zero-order valence-corrected chi connectivity index (χ0v) is 17.1. The summed E-state index contributed by atoms with van der Waals surface area (Å²) in [7, 11) is -3.97. The molecule has 1 aromatic heterocycles. The highest BCUT2D eigenvalue weighted by atomic mass is 32.2. The lowest BCUT2D eigenvalue weighted by molar-refractivity contribution is -0.140. The molecule has 2 aromatic rings. The number of benzene rings is 1. The van der Waals surface area contributed by atoms with Gasteiger partial charge in [-0.1, -0.05) is 42.4 Å². The van der Waals surface area contributed by atoms with E-state index in [1.165, 1.54) is 4.31 Å². The smallest absolute Gasteiger partial charge is 0.325 e. The van der Waals surface area contributed by atoms with E-state index in [9.17, 15) is 18.3 Å². The molecule has 0 spiro atoms. The number of aromatic nitrogens is 1. The Morgan fingerprint density at radius 1 is 1.24 bits per heavy atom. The first kappa shape index (κ1) is 19.9. The van der Waals surface area contributed by atoms with Gasteiger partial charge in [-0.15, -0.1) is 0 Å². The van der Waals surface area contributed by atoms with Crippen molar-refractivity contribution in [2.24, 2.45) is 5.92 Å². The number of carboxylic acid groups (broad SMARTS) is 1. The van der Waals surface area contributed by atoms with E-state index in [4.69, 9.17) is 4.52 Å². The number of piperazine rings is 1. The molecule has 2 N–H and O–H groups in total. The van der Waals surface area contributed by atoms with E-state index in [1.54, 1.807) is 19.9 Å². The molecule has 0 bridgehead atoms. The highest BCUT2D eigenvalue weighted by Crippen LogP contribution is 2.57. The van der Waals surface area contributed by atoms with Crippen molar-refractivity contribution in [3.63, 3.8) is 0 Å². The Hall–Kier alpha value is -2.43. The highest BCUT2D eigenvalue weighted by molar-refractivity contribution is 7.87. The van der Waals surface area contributed by atoms with Crippen LogP contribution in [0.25, 0.3) is 0 Å². The van der Waals surface area contributed by atoms with E-state index in [1.807, 2.05) is 35.2 Å². The second-order valence-corrected chi connectivity index (χ2v) is 9.31. The van der Waals surface area contributed by atoms with Crippen LogP contribution in [0.3, 0.4) is 0 Å². The van der Waals surface area contributed by atoms with Gasteiger partial charge in [-0.25, -0.2) is 0 Å². The Bertz CT molecular complexity index is 1000. The minimum Gasteiger partial charge on any atom is -0.480 e. The van der Waals surface area contributed by atoms with Crippen LogP contribution in [0.2, 0.25) is 0 Å². The molecule has 156 valence electrons. The molecule has 0 amide bonds. The lowest BCUT2D eigenvalue weighted by Crippen LogP contribution is -2.56. The molecule has 1 saturated carbocycles. The van der Waals surface area contributed by atoms with E-state index in [0.29, 0.717) is 24.7 Å². The monoisotopic (exact) mass is 420 g/mol. The topological polar surface area (TPSA) is 116 Å². The van der Waals surface area contributed by atoms with Crippen molar-refractivity contribution in [1.29, 1.82) is 0 Å². The number of anilines is 1. The van der Waals surface area contributed by atoms with Gasteiger partial charge in [0.15, 0.2) is 5.82 Å². The molecule has 2 heterocycles. The summed E-state index contributed by atoms with van der Waals surface area (Å²) in [6.07, 6.45) is 0. The van der Waals surface area contributed by atoms with Crippen molar-refractivity contribution >= 4 is 22.0 Å². The van der Waals surface area contributed by atoms with Gasteiger partial charge in [0.2, 0.25) is 0 Å². The zero-order valence-electron chi connectivity index (χ0n) is 16.3. The average molecular weight is 420 g/mol. The summed E-state index contributed by atoms with van der Waals surface area (Å²) < 4.78 is 34.9. The van der Waals surface area contributed by atoms with Crippen LogP contribution < -0.4 is 9.62 Å². The van der Waals surface area contributed by atoms with E-state index >= 15 is 0 Å². The largest absolute Gasteiger partial charge is 0.480 e. The van der Waals surface area contributed by atoms with E-state index in [2.05, 4.69) is 9.88 Å². The van der Waals surface area contributed by atoms with Crippen LogP contribution in [-0.2, 0) is 15.0 Å². The Morgan fingerprint density at radius 2 is 1.90 bits per heavy atom. The molecular weight excluding hydrogens is 396 g/mol. The fourth-order valence-electron chi connectivity index (χ4n) is 4.24. The second kappa shape index (κ2) is 7.12. The Morgan fingerprint density at radius 3 is 2.45 bits per heavy atom. The Balaban J connectivity index is 1.48. The normalized spacial score (nSPS) is 27.7. The van der Waals surface area contributed by atoms with Crippen molar-refractivity contribution in [3.8, 4) is 0 Å². The van der Waals surface area contributed by atoms with Gasteiger partial charge in [0.1, 0.15) is 11.3 Å². The molecule has 29 heavy (non-hydrogen) atoms. The van der Waals surface area contributed by atoms with Gasteiger partial charge in [-0.3, -0.25) is 4.79 Å². The van der Waals surface area contributed by atoms with Crippen LogP contribution >= 0.6 is 0 Å².